The second-order valence-electron chi connectivity index (χ2n) is 3.81. The number of hydrogen-bond acceptors (Lipinski definition) is 2. The van der Waals surface area contributed by atoms with E-state index in [2.05, 4.69) is 6.92 Å². The van der Waals surface area contributed by atoms with Crippen LogP contribution >= 0.6 is 0 Å². The molecule has 1 saturated carbocycles. The van der Waals surface area contributed by atoms with Crippen LogP contribution in [0.2, 0.25) is 0 Å². The minimum Gasteiger partial charge on any atom is -0.395 e. The fraction of sp³-hybridized carbons (Fsp3) is 1.00. The Morgan fingerprint density at radius 2 is 1.92 bits per heavy atom. The Morgan fingerprint density at radius 1 is 1.42 bits per heavy atom. The predicted molar refractivity (Wildman–Crippen MR) is 53.0 cm³/mol. The van der Waals surface area contributed by atoms with Gasteiger partial charge in [-0.05, 0) is 24.7 Å². The van der Waals surface area contributed by atoms with Crippen molar-refractivity contribution in [1.82, 2.24) is 0 Å². The highest BCUT2D eigenvalue weighted by atomic mass is 16.3. The fourth-order valence-electron chi connectivity index (χ4n) is 1.68. The van der Waals surface area contributed by atoms with E-state index in [1.54, 1.807) is 0 Å². The lowest BCUT2D eigenvalue weighted by Crippen LogP contribution is -2.36. The third kappa shape index (κ3) is 3.55. The zero-order valence-corrected chi connectivity index (χ0v) is 8.64. The van der Waals surface area contributed by atoms with Crippen molar-refractivity contribution in [2.75, 3.05) is 6.61 Å². The molecule has 1 aliphatic carbocycles. The molecule has 0 amide bonds. The molecule has 1 unspecified atom stereocenters. The van der Waals surface area contributed by atoms with E-state index in [0.717, 1.165) is 6.42 Å². The van der Waals surface area contributed by atoms with Crippen molar-refractivity contribution in [3.05, 3.63) is 0 Å². The first kappa shape index (κ1) is 11.9. The minimum atomic E-state index is 0.00491. The third-order valence-electron chi connectivity index (χ3n) is 2.55. The summed E-state index contributed by atoms with van der Waals surface area (Å²) in [6, 6.07) is 0.00491. The van der Waals surface area contributed by atoms with Gasteiger partial charge in [0.25, 0.3) is 0 Å². The Balaban J connectivity index is 0.000000561. The first-order chi connectivity index (χ1) is 5.66. The quantitative estimate of drug-likeness (QED) is 0.685. The maximum Gasteiger partial charge on any atom is 0.0582 e. The van der Waals surface area contributed by atoms with Crippen LogP contribution in [0.1, 0.15) is 46.5 Å². The van der Waals surface area contributed by atoms with E-state index in [1.807, 2.05) is 13.8 Å². The lowest BCUT2D eigenvalue weighted by molar-refractivity contribution is 0.116. The number of aliphatic hydroxyl groups is 1. The molecule has 0 saturated heterocycles. The predicted octanol–water partition coefficient (Wildman–Crippen LogP) is 1.91. The molecule has 1 fully saturated rings. The van der Waals surface area contributed by atoms with E-state index in [4.69, 9.17) is 10.8 Å². The highest BCUT2D eigenvalue weighted by Gasteiger charge is 2.32. The first-order valence-corrected chi connectivity index (χ1v) is 5.03. The van der Waals surface area contributed by atoms with Crippen LogP contribution in [0.4, 0.5) is 0 Å². The number of hydrogen-bond donors (Lipinski definition) is 2. The summed E-state index contributed by atoms with van der Waals surface area (Å²) < 4.78 is 0. The van der Waals surface area contributed by atoms with E-state index < -0.39 is 0 Å². The van der Waals surface area contributed by atoms with Crippen molar-refractivity contribution in [3.63, 3.8) is 0 Å². The summed E-state index contributed by atoms with van der Waals surface area (Å²) in [5.41, 5.74) is 6.08. The van der Waals surface area contributed by atoms with Crippen molar-refractivity contribution >= 4 is 0 Å². The van der Waals surface area contributed by atoms with Gasteiger partial charge in [-0.3, -0.25) is 0 Å². The standard InChI is InChI=1S/C8H17NO.C2H6/c1-8(3-2-4-8)5-7(9)6-10;1-2/h7,10H,2-6,9H2,1H3;1-2H3. The molecule has 1 aliphatic rings. The molecule has 2 nitrogen and oxygen atoms in total. The summed E-state index contributed by atoms with van der Waals surface area (Å²) in [6.45, 7) is 6.39. The van der Waals surface area contributed by atoms with Gasteiger partial charge in [-0.15, -0.1) is 0 Å². The molecule has 74 valence electrons. The summed E-state index contributed by atoms with van der Waals surface area (Å²) >= 11 is 0. The summed E-state index contributed by atoms with van der Waals surface area (Å²) in [7, 11) is 0. The van der Waals surface area contributed by atoms with Crippen LogP contribution in [0, 0.1) is 5.41 Å². The number of aliphatic hydroxyl groups excluding tert-OH is 1. The average molecular weight is 173 g/mol. The highest BCUT2D eigenvalue weighted by molar-refractivity contribution is 4.86. The van der Waals surface area contributed by atoms with Crippen molar-refractivity contribution in [1.29, 1.82) is 0 Å². The van der Waals surface area contributed by atoms with Gasteiger partial charge in [0.2, 0.25) is 0 Å². The maximum absolute atomic E-state index is 8.69. The molecule has 12 heavy (non-hydrogen) atoms. The van der Waals surface area contributed by atoms with Crippen LogP contribution in [-0.2, 0) is 0 Å². The zero-order valence-electron chi connectivity index (χ0n) is 8.64. The zero-order chi connectivity index (χ0) is 9.61. The Hall–Kier alpha value is -0.0800. The Morgan fingerprint density at radius 3 is 2.17 bits per heavy atom. The van der Waals surface area contributed by atoms with E-state index >= 15 is 0 Å². The maximum atomic E-state index is 8.69. The average Bonchev–Trinajstić information content (AvgIpc) is 2.05. The van der Waals surface area contributed by atoms with E-state index in [1.165, 1.54) is 19.3 Å². The largest absolute Gasteiger partial charge is 0.395 e. The van der Waals surface area contributed by atoms with Crippen LogP contribution in [-0.4, -0.2) is 17.8 Å². The lowest BCUT2D eigenvalue weighted by atomic mass is 9.67. The van der Waals surface area contributed by atoms with Crippen LogP contribution in [0.15, 0.2) is 0 Å². The van der Waals surface area contributed by atoms with Gasteiger partial charge >= 0.3 is 0 Å². The summed E-state index contributed by atoms with van der Waals surface area (Å²) in [4.78, 5) is 0. The molecule has 0 heterocycles. The molecule has 0 aromatic carbocycles. The van der Waals surface area contributed by atoms with Crippen molar-refractivity contribution in [3.8, 4) is 0 Å². The molecule has 0 aromatic heterocycles. The van der Waals surface area contributed by atoms with E-state index in [-0.39, 0.29) is 12.6 Å². The van der Waals surface area contributed by atoms with Crippen molar-refractivity contribution in [2.24, 2.45) is 11.1 Å². The van der Waals surface area contributed by atoms with Gasteiger partial charge in [0.05, 0.1) is 6.61 Å². The normalized spacial score (nSPS) is 21.8. The molecule has 1 atom stereocenters. The molecule has 0 bridgehead atoms. The fourth-order valence-corrected chi connectivity index (χ4v) is 1.68. The minimum absolute atomic E-state index is 0.00491. The van der Waals surface area contributed by atoms with Crippen molar-refractivity contribution < 1.29 is 5.11 Å². The monoisotopic (exact) mass is 173 g/mol. The van der Waals surface area contributed by atoms with E-state index in [9.17, 15) is 0 Å². The van der Waals surface area contributed by atoms with Gasteiger partial charge < -0.3 is 10.8 Å². The summed E-state index contributed by atoms with van der Waals surface area (Å²) in [5.74, 6) is 0. The first-order valence-electron chi connectivity index (χ1n) is 5.03. The molecular weight excluding hydrogens is 150 g/mol. The van der Waals surface area contributed by atoms with Gasteiger partial charge in [0, 0.05) is 6.04 Å². The van der Waals surface area contributed by atoms with Gasteiger partial charge in [-0.25, -0.2) is 0 Å². The van der Waals surface area contributed by atoms with Gasteiger partial charge in [-0.1, -0.05) is 27.2 Å². The van der Waals surface area contributed by atoms with Crippen LogP contribution < -0.4 is 5.73 Å². The van der Waals surface area contributed by atoms with Crippen LogP contribution in [0.3, 0.4) is 0 Å². The summed E-state index contributed by atoms with van der Waals surface area (Å²) in [5, 5.41) is 8.69. The van der Waals surface area contributed by atoms with Crippen LogP contribution in [0.25, 0.3) is 0 Å². The van der Waals surface area contributed by atoms with E-state index in [0.29, 0.717) is 5.41 Å². The lowest BCUT2D eigenvalue weighted by Gasteiger charge is -2.39. The van der Waals surface area contributed by atoms with Gasteiger partial charge in [0.15, 0.2) is 0 Å². The molecule has 0 aromatic rings. The Bertz CT molecular complexity index is 110. The Kier molecular flexibility index (Phi) is 5.51. The third-order valence-corrected chi connectivity index (χ3v) is 2.55. The second-order valence-corrected chi connectivity index (χ2v) is 3.81. The molecule has 0 radical (unpaired) electrons. The van der Waals surface area contributed by atoms with Crippen molar-refractivity contribution in [2.45, 2.75) is 52.5 Å². The smallest absolute Gasteiger partial charge is 0.0582 e. The number of rotatable bonds is 3. The molecule has 0 aliphatic heterocycles. The van der Waals surface area contributed by atoms with Crippen LogP contribution in [0.5, 0.6) is 0 Å². The SMILES string of the molecule is CC.CC1(CC(N)CO)CCC1. The molecule has 0 spiro atoms. The van der Waals surface area contributed by atoms with Gasteiger partial charge in [-0.2, -0.15) is 0 Å². The van der Waals surface area contributed by atoms with Gasteiger partial charge in [0.1, 0.15) is 0 Å². The summed E-state index contributed by atoms with van der Waals surface area (Å²) in [6.07, 6.45) is 4.92. The molecule has 2 heteroatoms. The number of nitrogens with two attached hydrogens (primary N) is 1. The second kappa shape index (κ2) is 5.55. The molecular formula is C10H23NO. The topological polar surface area (TPSA) is 46.2 Å². The Labute approximate surface area is 76.2 Å². The highest BCUT2D eigenvalue weighted by Crippen LogP contribution is 2.43. The molecule has 3 N–H and O–H groups in total. The molecule has 1 rings (SSSR count).